The number of hydrogen-bond donors (Lipinski definition) is 1. The number of rotatable bonds is 7. The third-order valence-corrected chi connectivity index (χ3v) is 4.23. The molecule has 1 heterocycles. The number of aliphatic hydroxyl groups excluding tert-OH is 1. The van der Waals surface area contributed by atoms with E-state index in [-0.39, 0.29) is 6.61 Å². The number of benzene rings is 1. The molecule has 0 fully saturated rings. The van der Waals surface area contributed by atoms with Crippen LogP contribution >= 0.6 is 11.8 Å². The second kappa shape index (κ2) is 7.47. The minimum Gasteiger partial charge on any atom is -0.491 e. The van der Waals surface area contributed by atoms with Crippen LogP contribution < -0.4 is 4.74 Å². The van der Waals surface area contributed by atoms with Crippen molar-refractivity contribution in [2.75, 3.05) is 12.4 Å². The molecule has 0 aliphatic rings. The summed E-state index contributed by atoms with van der Waals surface area (Å²) in [4.78, 5) is 0. The Hall–Kier alpha value is -1.53. The third-order valence-electron chi connectivity index (χ3n) is 3.05. The van der Waals surface area contributed by atoms with Gasteiger partial charge in [0.05, 0.1) is 6.10 Å². The molecule has 0 saturated heterocycles. The second-order valence-electron chi connectivity index (χ2n) is 5.19. The molecule has 0 aliphatic heterocycles. The predicted molar refractivity (Wildman–Crippen MR) is 83.8 cm³/mol. The summed E-state index contributed by atoms with van der Waals surface area (Å²) in [5.41, 5.74) is 1.16. The zero-order valence-electron chi connectivity index (χ0n) is 12.6. The standard InChI is InChI=1S/C15H21N3O2S/c1-11(2)13-6-4-5-7-14(13)20-8-12(19)9-21-15-17-16-10-18(15)3/h4-7,10-12,19H,8-9H2,1-3H3/t12-/m1/s1. The first-order chi connectivity index (χ1) is 10.1. The van der Waals surface area contributed by atoms with Gasteiger partial charge in [0.25, 0.3) is 0 Å². The van der Waals surface area contributed by atoms with Crippen LogP contribution in [-0.4, -0.2) is 38.3 Å². The number of ether oxygens (including phenoxy) is 1. The van der Waals surface area contributed by atoms with Gasteiger partial charge in [-0.05, 0) is 17.5 Å². The van der Waals surface area contributed by atoms with Gasteiger partial charge in [-0.25, -0.2) is 0 Å². The molecule has 114 valence electrons. The number of thioether (sulfide) groups is 1. The second-order valence-corrected chi connectivity index (χ2v) is 6.18. The Morgan fingerprint density at radius 1 is 1.33 bits per heavy atom. The van der Waals surface area contributed by atoms with Crippen LogP contribution in [0.5, 0.6) is 5.75 Å². The average molecular weight is 307 g/mol. The van der Waals surface area contributed by atoms with Crippen LogP contribution in [0.3, 0.4) is 0 Å². The zero-order valence-corrected chi connectivity index (χ0v) is 13.4. The lowest BCUT2D eigenvalue weighted by atomic mass is 10.0. The molecule has 0 bridgehead atoms. The van der Waals surface area contributed by atoms with Crippen molar-refractivity contribution >= 4 is 11.8 Å². The molecule has 2 aromatic rings. The van der Waals surface area contributed by atoms with Gasteiger partial charge in [-0.2, -0.15) is 0 Å². The summed E-state index contributed by atoms with van der Waals surface area (Å²) in [6.07, 6.45) is 1.09. The highest BCUT2D eigenvalue weighted by Crippen LogP contribution is 2.26. The van der Waals surface area contributed by atoms with Crippen molar-refractivity contribution < 1.29 is 9.84 Å². The molecule has 21 heavy (non-hydrogen) atoms. The molecular weight excluding hydrogens is 286 g/mol. The summed E-state index contributed by atoms with van der Waals surface area (Å²) in [6.45, 7) is 4.53. The maximum atomic E-state index is 10.0. The highest BCUT2D eigenvalue weighted by molar-refractivity contribution is 7.99. The molecule has 1 aromatic carbocycles. The van der Waals surface area contributed by atoms with Gasteiger partial charge in [-0.1, -0.05) is 43.8 Å². The van der Waals surface area contributed by atoms with E-state index in [2.05, 4.69) is 30.1 Å². The number of aryl methyl sites for hydroxylation is 1. The monoisotopic (exact) mass is 307 g/mol. The largest absolute Gasteiger partial charge is 0.491 e. The molecule has 5 nitrogen and oxygen atoms in total. The summed E-state index contributed by atoms with van der Waals surface area (Å²) >= 11 is 1.47. The Balaban J connectivity index is 1.84. The Kier molecular flexibility index (Phi) is 5.64. The number of aliphatic hydroxyl groups is 1. The fraction of sp³-hybridized carbons (Fsp3) is 0.467. The van der Waals surface area contributed by atoms with Crippen LogP contribution in [-0.2, 0) is 7.05 Å². The van der Waals surface area contributed by atoms with Gasteiger partial charge in [0, 0.05) is 12.8 Å². The first-order valence-corrected chi connectivity index (χ1v) is 7.93. The number of aromatic nitrogens is 3. The van der Waals surface area contributed by atoms with E-state index in [1.165, 1.54) is 11.8 Å². The summed E-state index contributed by atoms with van der Waals surface area (Å²) in [5.74, 6) is 1.76. The third kappa shape index (κ3) is 4.47. The van der Waals surface area contributed by atoms with Gasteiger partial charge >= 0.3 is 0 Å². The Morgan fingerprint density at radius 2 is 2.10 bits per heavy atom. The lowest BCUT2D eigenvalue weighted by Crippen LogP contribution is -2.20. The molecule has 2 rings (SSSR count). The summed E-state index contributed by atoms with van der Waals surface area (Å²) in [7, 11) is 1.88. The highest BCUT2D eigenvalue weighted by Gasteiger charge is 2.11. The first kappa shape index (κ1) is 15.9. The van der Waals surface area contributed by atoms with Gasteiger partial charge in [0.1, 0.15) is 18.7 Å². The molecule has 0 aliphatic carbocycles. The quantitative estimate of drug-likeness (QED) is 0.796. The van der Waals surface area contributed by atoms with Crippen molar-refractivity contribution in [3.05, 3.63) is 36.2 Å². The van der Waals surface area contributed by atoms with Crippen LogP contribution in [0.15, 0.2) is 35.7 Å². The smallest absolute Gasteiger partial charge is 0.190 e. The Labute approximate surface area is 129 Å². The van der Waals surface area contributed by atoms with Gasteiger partial charge in [-0.3, -0.25) is 0 Å². The highest BCUT2D eigenvalue weighted by atomic mass is 32.2. The number of hydrogen-bond acceptors (Lipinski definition) is 5. The van der Waals surface area contributed by atoms with Crippen LogP contribution in [0.4, 0.5) is 0 Å². The SMILES string of the molecule is CC(C)c1ccccc1OC[C@@H](O)CSc1nncn1C. The summed E-state index contributed by atoms with van der Waals surface area (Å²) < 4.78 is 7.58. The first-order valence-electron chi connectivity index (χ1n) is 6.94. The Morgan fingerprint density at radius 3 is 2.76 bits per heavy atom. The fourth-order valence-corrected chi connectivity index (χ4v) is 2.69. The molecule has 1 N–H and O–H groups in total. The maximum Gasteiger partial charge on any atom is 0.190 e. The van der Waals surface area contributed by atoms with Gasteiger partial charge in [0.15, 0.2) is 5.16 Å². The topological polar surface area (TPSA) is 60.2 Å². The molecule has 1 aromatic heterocycles. The molecule has 0 saturated carbocycles. The maximum absolute atomic E-state index is 10.0. The van der Waals surface area contributed by atoms with Crippen molar-refractivity contribution in [3.8, 4) is 5.75 Å². The van der Waals surface area contributed by atoms with E-state index in [0.717, 1.165) is 16.5 Å². The minimum atomic E-state index is -0.549. The zero-order chi connectivity index (χ0) is 15.2. The summed E-state index contributed by atoms with van der Waals surface area (Å²) in [6, 6.07) is 7.95. The molecular formula is C15H21N3O2S. The van der Waals surface area contributed by atoms with Crippen molar-refractivity contribution in [2.45, 2.75) is 31.0 Å². The van der Waals surface area contributed by atoms with E-state index in [4.69, 9.17) is 4.74 Å². The molecule has 6 heteroatoms. The normalized spacial score (nSPS) is 12.6. The van der Waals surface area contributed by atoms with E-state index in [1.807, 2.05) is 29.8 Å². The van der Waals surface area contributed by atoms with Crippen molar-refractivity contribution in [3.63, 3.8) is 0 Å². The van der Waals surface area contributed by atoms with Crippen molar-refractivity contribution in [2.24, 2.45) is 7.05 Å². The van der Waals surface area contributed by atoms with E-state index < -0.39 is 6.10 Å². The van der Waals surface area contributed by atoms with Gasteiger partial charge in [-0.15, -0.1) is 10.2 Å². The lowest BCUT2D eigenvalue weighted by molar-refractivity contribution is 0.125. The number of nitrogens with zero attached hydrogens (tertiary/aromatic N) is 3. The molecule has 0 radical (unpaired) electrons. The predicted octanol–water partition coefficient (Wildman–Crippen LogP) is 2.47. The van der Waals surface area contributed by atoms with E-state index in [9.17, 15) is 5.11 Å². The minimum absolute atomic E-state index is 0.272. The number of para-hydroxylation sites is 1. The Bertz CT molecular complexity index is 572. The lowest BCUT2D eigenvalue weighted by Gasteiger charge is -2.16. The fourth-order valence-electron chi connectivity index (χ4n) is 1.90. The van der Waals surface area contributed by atoms with Gasteiger partial charge in [0.2, 0.25) is 0 Å². The molecule has 0 spiro atoms. The van der Waals surface area contributed by atoms with E-state index >= 15 is 0 Å². The van der Waals surface area contributed by atoms with Gasteiger partial charge < -0.3 is 14.4 Å². The summed E-state index contributed by atoms with van der Waals surface area (Å²) in [5, 5.41) is 18.6. The molecule has 0 amide bonds. The van der Waals surface area contributed by atoms with E-state index in [1.54, 1.807) is 6.33 Å². The van der Waals surface area contributed by atoms with Crippen LogP contribution in [0.1, 0.15) is 25.3 Å². The van der Waals surface area contributed by atoms with E-state index in [0.29, 0.717) is 11.7 Å². The van der Waals surface area contributed by atoms with Crippen molar-refractivity contribution in [1.29, 1.82) is 0 Å². The van der Waals surface area contributed by atoms with Crippen LogP contribution in [0, 0.1) is 0 Å². The molecule has 1 atom stereocenters. The molecule has 0 unspecified atom stereocenters. The van der Waals surface area contributed by atoms with Crippen LogP contribution in [0.2, 0.25) is 0 Å². The average Bonchev–Trinajstić information content (AvgIpc) is 2.88. The van der Waals surface area contributed by atoms with Crippen molar-refractivity contribution in [1.82, 2.24) is 14.8 Å². The van der Waals surface area contributed by atoms with Crippen LogP contribution in [0.25, 0.3) is 0 Å².